The number of hydrogen-bond acceptors (Lipinski definition) is 8. The minimum Gasteiger partial charge on any atom is -0.508 e. The number of aromatic hydroxyl groups is 1. The molecule has 5 aromatic rings. The SMILES string of the molecule is O=C(c1ccccc1)c1ccc(N2C(=O)[C@H]3[C@H](CC=C4[C@H]3C[C@H]3C(=O)N(c5ccc(C(=O)c6ccccc6)cc5)C(=O)[C@H]3[C@H]4c3cc(OC(F)(F)F)ccc3O)C2=O)cc1. The summed E-state index contributed by atoms with van der Waals surface area (Å²) in [6, 6.07) is 32.0. The molecule has 0 radical (unpaired) electrons. The minimum absolute atomic E-state index is 0.0400. The zero-order valence-corrected chi connectivity index (χ0v) is 31.4. The largest absolute Gasteiger partial charge is 0.573 e. The normalized spacial score (nSPS) is 23.5. The van der Waals surface area contributed by atoms with Crippen LogP contribution in [0.1, 0.15) is 56.2 Å². The molecule has 0 unspecified atom stereocenters. The standard InChI is InChI=1S/C47H33F3N2O8/c48-47(49,50)60-31-19-22-37(53)35(23-31)38-32-20-21-33-39(45(58)51(43(33)56)29-15-11-27(12-16-29)41(54)25-7-3-1-4-8-25)34(32)24-36-40(38)46(59)52(44(36)57)30-17-13-28(14-18-30)42(55)26-9-5-2-6-10-26/h1-20,22-23,33-34,36,38-40,53H,21,24H2/t33-,34+,36+,38+,39-,40+/m0/s1. The number of halogens is 3. The Bertz CT molecular complexity index is 2630. The van der Waals surface area contributed by atoms with E-state index < -0.39 is 77.0 Å². The Balaban J connectivity index is 1.07. The fourth-order valence-corrected chi connectivity index (χ4v) is 9.46. The third-order valence-corrected chi connectivity index (χ3v) is 12.1. The van der Waals surface area contributed by atoms with Crippen LogP contribution in [0.2, 0.25) is 0 Å². The molecule has 5 aromatic carbocycles. The summed E-state index contributed by atoms with van der Waals surface area (Å²) in [5.74, 6) is -10.2. The third-order valence-electron chi connectivity index (χ3n) is 12.1. The van der Waals surface area contributed by atoms with Crippen molar-refractivity contribution >= 4 is 46.6 Å². The maximum Gasteiger partial charge on any atom is 0.573 e. The second kappa shape index (κ2) is 14.6. The number of carbonyl (C=O) groups is 6. The molecule has 1 N–H and O–H groups in total. The van der Waals surface area contributed by atoms with E-state index in [2.05, 4.69) is 4.74 Å². The van der Waals surface area contributed by atoms with Gasteiger partial charge in [0.05, 0.1) is 35.0 Å². The Kier molecular flexibility index (Phi) is 9.33. The van der Waals surface area contributed by atoms with Gasteiger partial charge < -0.3 is 9.84 Å². The van der Waals surface area contributed by atoms with E-state index in [1.54, 1.807) is 66.7 Å². The predicted octanol–water partition coefficient (Wildman–Crippen LogP) is 7.80. The minimum atomic E-state index is -5.08. The summed E-state index contributed by atoms with van der Waals surface area (Å²) >= 11 is 0. The number of ketones is 2. The van der Waals surface area contributed by atoms with Crippen molar-refractivity contribution in [2.75, 3.05) is 9.80 Å². The summed E-state index contributed by atoms with van der Waals surface area (Å²) in [5, 5.41) is 11.3. The van der Waals surface area contributed by atoms with Crippen LogP contribution < -0.4 is 14.5 Å². The first kappa shape index (κ1) is 38.4. The number of hydrogen-bond donors (Lipinski definition) is 1. The molecule has 2 aliphatic carbocycles. The molecule has 3 fully saturated rings. The number of fused-ring (bicyclic) bond motifs is 4. The van der Waals surface area contributed by atoms with E-state index in [4.69, 9.17) is 0 Å². The van der Waals surface area contributed by atoms with Crippen molar-refractivity contribution in [1.82, 2.24) is 0 Å². The monoisotopic (exact) mass is 810 g/mol. The van der Waals surface area contributed by atoms with E-state index in [-0.39, 0.29) is 41.3 Å². The summed E-state index contributed by atoms with van der Waals surface area (Å²) in [7, 11) is 0. The van der Waals surface area contributed by atoms with E-state index in [1.165, 1.54) is 48.5 Å². The molecule has 4 aliphatic rings. The molecule has 0 spiro atoms. The Morgan fingerprint density at radius 3 is 1.58 bits per heavy atom. The van der Waals surface area contributed by atoms with Gasteiger partial charge in [0, 0.05) is 33.7 Å². The van der Waals surface area contributed by atoms with Crippen LogP contribution in [0.25, 0.3) is 0 Å². The first-order valence-electron chi connectivity index (χ1n) is 19.2. The molecule has 2 aliphatic heterocycles. The van der Waals surface area contributed by atoms with Gasteiger partial charge in [-0.05, 0) is 85.5 Å². The van der Waals surface area contributed by atoms with Crippen molar-refractivity contribution < 1.29 is 51.8 Å². The van der Waals surface area contributed by atoms with Gasteiger partial charge in [-0.3, -0.25) is 38.6 Å². The summed E-state index contributed by atoms with van der Waals surface area (Å²) in [5.41, 5.74) is 2.27. The molecule has 2 heterocycles. The van der Waals surface area contributed by atoms with E-state index in [0.717, 1.165) is 28.0 Å². The first-order chi connectivity index (χ1) is 28.8. The number of benzene rings is 5. The molecule has 300 valence electrons. The third kappa shape index (κ3) is 6.46. The number of ether oxygens (including phenoxy) is 1. The van der Waals surface area contributed by atoms with E-state index in [0.29, 0.717) is 27.8 Å². The fourth-order valence-electron chi connectivity index (χ4n) is 9.46. The van der Waals surface area contributed by atoms with E-state index >= 15 is 0 Å². The lowest BCUT2D eigenvalue weighted by atomic mass is 9.57. The summed E-state index contributed by atoms with van der Waals surface area (Å²) in [6.45, 7) is 0. The van der Waals surface area contributed by atoms with Crippen LogP contribution in [0.15, 0.2) is 139 Å². The van der Waals surface area contributed by atoms with Gasteiger partial charge in [0.25, 0.3) is 0 Å². The lowest BCUT2D eigenvalue weighted by Gasteiger charge is -2.44. The van der Waals surface area contributed by atoms with Crippen molar-refractivity contribution in [3.8, 4) is 11.5 Å². The average molecular weight is 811 g/mol. The second-order valence-electron chi connectivity index (χ2n) is 15.3. The molecular formula is C47H33F3N2O8. The highest BCUT2D eigenvalue weighted by atomic mass is 19.4. The van der Waals surface area contributed by atoms with Crippen LogP contribution in [-0.4, -0.2) is 46.7 Å². The number of phenolic OH excluding ortho intramolecular Hbond substituents is 1. The summed E-state index contributed by atoms with van der Waals surface area (Å²) in [6.07, 6.45) is -3.39. The lowest BCUT2D eigenvalue weighted by Crippen LogP contribution is -2.43. The summed E-state index contributed by atoms with van der Waals surface area (Å²) in [4.78, 5) is 85.9. The van der Waals surface area contributed by atoms with Crippen molar-refractivity contribution in [2.24, 2.45) is 29.6 Å². The zero-order chi connectivity index (χ0) is 42.0. The predicted molar refractivity (Wildman–Crippen MR) is 210 cm³/mol. The number of alkyl halides is 3. The van der Waals surface area contributed by atoms with Gasteiger partial charge in [-0.1, -0.05) is 72.3 Å². The van der Waals surface area contributed by atoms with Gasteiger partial charge in [-0.15, -0.1) is 13.2 Å². The Morgan fingerprint density at radius 1 is 0.583 bits per heavy atom. The molecule has 13 heteroatoms. The summed E-state index contributed by atoms with van der Waals surface area (Å²) < 4.78 is 44.6. The number of rotatable bonds is 8. The number of amides is 4. The smallest absolute Gasteiger partial charge is 0.508 e. The van der Waals surface area contributed by atoms with Gasteiger partial charge in [-0.25, -0.2) is 0 Å². The molecule has 0 aromatic heterocycles. The highest BCUT2D eigenvalue weighted by Gasteiger charge is 2.62. The number of nitrogens with zero attached hydrogens (tertiary/aromatic N) is 2. The highest BCUT2D eigenvalue weighted by Crippen LogP contribution is 2.59. The van der Waals surface area contributed by atoms with Crippen LogP contribution in [0, 0.1) is 29.6 Å². The van der Waals surface area contributed by atoms with Crippen LogP contribution in [0.3, 0.4) is 0 Å². The van der Waals surface area contributed by atoms with Crippen molar-refractivity contribution in [1.29, 1.82) is 0 Å². The van der Waals surface area contributed by atoms with Gasteiger partial charge in [0.15, 0.2) is 11.6 Å². The quantitative estimate of drug-likeness (QED) is 0.0953. The number of carbonyl (C=O) groups excluding carboxylic acids is 6. The maximum atomic E-state index is 14.6. The maximum absolute atomic E-state index is 14.6. The van der Waals surface area contributed by atoms with Gasteiger partial charge >= 0.3 is 6.36 Å². The Labute approximate surface area is 340 Å². The number of phenols is 1. The zero-order valence-electron chi connectivity index (χ0n) is 31.4. The van der Waals surface area contributed by atoms with Crippen molar-refractivity contribution in [2.45, 2.75) is 25.1 Å². The molecular weight excluding hydrogens is 778 g/mol. The number of anilines is 2. The van der Waals surface area contributed by atoms with Crippen LogP contribution in [0.5, 0.6) is 11.5 Å². The van der Waals surface area contributed by atoms with Crippen molar-refractivity contribution in [3.05, 3.63) is 167 Å². The fraction of sp³-hybridized carbons (Fsp3) is 0.191. The topological polar surface area (TPSA) is 138 Å². The lowest BCUT2D eigenvalue weighted by molar-refractivity contribution is -0.274. The molecule has 60 heavy (non-hydrogen) atoms. The Hall–Kier alpha value is -7.15. The van der Waals surface area contributed by atoms with Gasteiger partial charge in [0.1, 0.15) is 11.5 Å². The molecule has 9 rings (SSSR count). The highest BCUT2D eigenvalue weighted by molar-refractivity contribution is 6.24. The van der Waals surface area contributed by atoms with E-state index in [9.17, 15) is 47.0 Å². The van der Waals surface area contributed by atoms with Crippen molar-refractivity contribution in [3.63, 3.8) is 0 Å². The molecule has 6 atom stereocenters. The molecule has 4 amide bonds. The number of allylic oxidation sites excluding steroid dienone is 2. The molecule has 10 nitrogen and oxygen atoms in total. The van der Waals surface area contributed by atoms with Crippen LogP contribution in [0.4, 0.5) is 24.5 Å². The second-order valence-corrected chi connectivity index (χ2v) is 15.3. The van der Waals surface area contributed by atoms with E-state index in [1.807, 2.05) is 0 Å². The molecule has 1 saturated carbocycles. The first-order valence-corrected chi connectivity index (χ1v) is 19.2. The number of imide groups is 2. The average Bonchev–Trinajstić information content (AvgIpc) is 3.66. The van der Waals surface area contributed by atoms with Crippen LogP contribution in [-0.2, 0) is 19.2 Å². The molecule has 2 saturated heterocycles. The van der Waals surface area contributed by atoms with Crippen LogP contribution >= 0.6 is 0 Å². The Morgan fingerprint density at radius 2 is 1.07 bits per heavy atom. The van der Waals surface area contributed by atoms with Gasteiger partial charge in [0.2, 0.25) is 23.6 Å². The molecule has 0 bridgehead atoms. The van der Waals surface area contributed by atoms with Gasteiger partial charge in [-0.2, -0.15) is 0 Å².